The Hall–Kier alpha value is -6.52. The summed E-state index contributed by atoms with van der Waals surface area (Å²) in [6.45, 7) is 4.79. The molecule has 5 aromatic rings. The van der Waals surface area contributed by atoms with E-state index in [-0.39, 0.29) is 36.2 Å². The molecule has 5 N–H and O–H groups in total. The molecule has 5 heterocycles. The third kappa shape index (κ3) is 8.22. The number of ether oxygens (including phenoxy) is 1. The van der Waals surface area contributed by atoms with Crippen LogP contribution in [0.4, 0.5) is 9.59 Å². The van der Waals surface area contributed by atoms with Crippen LogP contribution in [0.2, 0.25) is 0 Å². The summed E-state index contributed by atoms with van der Waals surface area (Å²) in [4.78, 5) is 71.9. The van der Waals surface area contributed by atoms with Gasteiger partial charge >= 0.3 is 12.2 Å². The molecule has 2 aromatic carbocycles. The Morgan fingerprint density at radius 2 is 1.35 bits per heavy atom. The van der Waals surface area contributed by atoms with Crippen LogP contribution in [0.25, 0.3) is 33.6 Å². The molecule has 0 bridgehead atoms. The Morgan fingerprint density at radius 3 is 1.81 bits per heavy atom. The third-order valence-corrected chi connectivity index (χ3v) is 10.9. The molecule has 4 atom stereocenters. The molecule has 2 aliphatic rings. The van der Waals surface area contributed by atoms with Crippen LogP contribution in [0.5, 0.6) is 0 Å². The van der Waals surface area contributed by atoms with E-state index in [9.17, 15) is 24.3 Å². The zero-order valence-electron chi connectivity index (χ0n) is 32.3. The van der Waals surface area contributed by atoms with Crippen LogP contribution in [0.15, 0.2) is 67.1 Å². The fraction of sp³-hybridized carbons (Fsp3) is 0.400. The van der Waals surface area contributed by atoms with Gasteiger partial charge in [0.15, 0.2) is 0 Å². The van der Waals surface area contributed by atoms with Gasteiger partial charge in [-0.3, -0.25) is 19.6 Å². The van der Waals surface area contributed by atoms with E-state index >= 15 is 0 Å². The number of aromatic amines is 3. The predicted molar refractivity (Wildman–Crippen MR) is 208 cm³/mol. The predicted octanol–water partition coefficient (Wildman–Crippen LogP) is 5.18. The second-order valence-corrected chi connectivity index (χ2v) is 14.8. The number of alkyl carbamates (subject to hydrolysis) is 1. The van der Waals surface area contributed by atoms with E-state index in [1.807, 2.05) is 38.1 Å². The van der Waals surface area contributed by atoms with E-state index in [2.05, 4.69) is 64.9 Å². The fourth-order valence-corrected chi connectivity index (χ4v) is 7.94. The number of likely N-dealkylation sites (N-methyl/N-ethyl adjacent to an activating group) is 1. The number of benzene rings is 2. The molecule has 2 saturated heterocycles. The molecule has 0 spiro atoms. The average molecular weight is 778 g/mol. The van der Waals surface area contributed by atoms with Gasteiger partial charge in [0.05, 0.1) is 48.7 Å². The van der Waals surface area contributed by atoms with Gasteiger partial charge in [-0.15, -0.1) is 5.10 Å². The summed E-state index contributed by atoms with van der Waals surface area (Å²) in [6.07, 6.45) is 6.55. The first kappa shape index (κ1) is 38.7. The first-order valence-electron chi connectivity index (χ1n) is 19.1. The molecule has 57 heavy (non-hydrogen) atoms. The number of imidazole rings is 2. The molecule has 298 valence electrons. The molecule has 0 radical (unpaired) electrons. The normalized spacial score (nSPS) is 17.8. The molecule has 3 aromatic heterocycles. The minimum atomic E-state index is -1.13. The minimum absolute atomic E-state index is 0.162. The zero-order valence-corrected chi connectivity index (χ0v) is 32.3. The number of rotatable bonds is 12. The number of likely N-dealkylation sites (tertiary alicyclic amines) is 2. The lowest BCUT2D eigenvalue weighted by Gasteiger charge is -2.33. The molecule has 0 saturated carbocycles. The van der Waals surface area contributed by atoms with Crippen LogP contribution in [-0.2, 0) is 20.7 Å². The van der Waals surface area contributed by atoms with Gasteiger partial charge in [-0.05, 0) is 53.9 Å². The van der Waals surface area contributed by atoms with Gasteiger partial charge in [0.2, 0.25) is 11.8 Å². The summed E-state index contributed by atoms with van der Waals surface area (Å²) in [5, 5.41) is 22.6. The zero-order chi connectivity index (χ0) is 40.2. The lowest BCUT2D eigenvalue weighted by Crippen LogP contribution is -2.51. The van der Waals surface area contributed by atoms with Crippen molar-refractivity contribution in [1.29, 1.82) is 0 Å². The fourth-order valence-electron chi connectivity index (χ4n) is 7.94. The maximum atomic E-state index is 13.7. The molecule has 17 nitrogen and oxygen atoms in total. The van der Waals surface area contributed by atoms with E-state index < -0.39 is 24.3 Å². The molecular weight excluding hydrogens is 731 g/mol. The molecule has 7 rings (SSSR count). The number of carbonyl (C=O) groups excluding carboxylic acids is 3. The van der Waals surface area contributed by atoms with Crippen LogP contribution in [-0.4, -0.2) is 118 Å². The second-order valence-electron chi connectivity index (χ2n) is 14.8. The van der Waals surface area contributed by atoms with E-state index in [1.165, 1.54) is 14.2 Å². The highest BCUT2D eigenvalue weighted by Crippen LogP contribution is 2.35. The Balaban J connectivity index is 1.00. The first-order chi connectivity index (χ1) is 27.5. The van der Waals surface area contributed by atoms with Gasteiger partial charge in [-0.1, -0.05) is 67.6 Å². The van der Waals surface area contributed by atoms with E-state index in [4.69, 9.17) is 4.74 Å². The van der Waals surface area contributed by atoms with Crippen LogP contribution in [0.1, 0.15) is 69.0 Å². The topological polar surface area (TPSA) is 218 Å². The van der Waals surface area contributed by atoms with Crippen molar-refractivity contribution in [3.8, 4) is 33.6 Å². The third-order valence-electron chi connectivity index (χ3n) is 10.9. The largest absolute Gasteiger partial charge is 0.465 e. The average Bonchev–Trinajstić information content (AvgIpc) is 4.07. The van der Waals surface area contributed by atoms with Gasteiger partial charge < -0.3 is 34.9 Å². The smallest absolute Gasteiger partial charge is 0.407 e. The van der Waals surface area contributed by atoms with Gasteiger partial charge in [0, 0.05) is 32.8 Å². The highest BCUT2D eigenvalue weighted by Gasteiger charge is 2.40. The van der Waals surface area contributed by atoms with Crippen molar-refractivity contribution in [3.05, 3.63) is 84.5 Å². The Bertz CT molecular complexity index is 2180. The maximum absolute atomic E-state index is 13.7. The van der Waals surface area contributed by atoms with Gasteiger partial charge in [0.25, 0.3) is 0 Å². The van der Waals surface area contributed by atoms with Crippen molar-refractivity contribution >= 4 is 24.0 Å². The summed E-state index contributed by atoms with van der Waals surface area (Å²) in [5.41, 5.74) is 6.16. The maximum Gasteiger partial charge on any atom is 0.407 e. The number of carbonyl (C=O) groups is 4. The SMILES string of the molecule is COC(=O)N[C@@H](Cc1c[nH]nn1)C(=O)N1CCC[C@H]1c1ncc(-c2ccc(-c3ccc(-c4cnc([C@@H]5CCCN5C(=O)[C@H](C(C)C)N(C)C(=O)O)[nH]4)cc3)cc2)[nH]1. The number of methoxy groups -OCH3 is 1. The van der Waals surface area contributed by atoms with Crippen molar-refractivity contribution in [1.82, 2.24) is 55.4 Å². The van der Waals surface area contributed by atoms with Crippen LogP contribution in [0.3, 0.4) is 0 Å². The lowest BCUT2D eigenvalue weighted by atomic mass is 10.0. The summed E-state index contributed by atoms with van der Waals surface area (Å²) in [7, 11) is 2.70. The number of hydrogen-bond acceptors (Lipinski definition) is 9. The molecule has 0 unspecified atom stereocenters. The van der Waals surface area contributed by atoms with Gasteiger partial charge in [-0.2, -0.15) is 0 Å². The van der Waals surface area contributed by atoms with Crippen LogP contribution >= 0.6 is 0 Å². The molecule has 2 aliphatic heterocycles. The highest BCUT2D eigenvalue weighted by molar-refractivity contribution is 5.87. The van der Waals surface area contributed by atoms with Crippen molar-refractivity contribution < 1.29 is 29.0 Å². The van der Waals surface area contributed by atoms with E-state index in [1.54, 1.807) is 28.4 Å². The quantitative estimate of drug-likeness (QED) is 0.112. The minimum Gasteiger partial charge on any atom is -0.465 e. The summed E-state index contributed by atoms with van der Waals surface area (Å²) in [6, 6.07) is 14.1. The van der Waals surface area contributed by atoms with E-state index in [0.29, 0.717) is 30.4 Å². The van der Waals surface area contributed by atoms with Gasteiger partial charge in [-0.25, -0.2) is 19.6 Å². The number of nitrogens with zero attached hydrogens (tertiary/aromatic N) is 7. The molecule has 4 amide bonds. The van der Waals surface area contributed by atoms with Crippen molar-refractivity contribution in [2.45, 2.75) is 70.1 Å². The second kappa shape index (κ2) is 16.7. The standard InChI is InChI=1S/C40H47N11O6/c1-23(2)34(49(3)40(55)56)38(53)51-18-6-8-33(51)36-42-22-31(45-36)27-15-11-25(12-16-27)24-9-13-26(14-10-24)30-21-41-35(44-30)32-7-5-17-50(32)37(52)29(46-39(54)57-4)19-28-20-43-48-47-28/h9-16,20-23,29,32-34H,5-8,17-19H2,1-4H3,(H,41,44)(H,42,45)(H,46,54)(H,55,56)(H,43,47,48)/t29-,32-,33-,34-/m0/s1. The number of carboxylic acid groups (broad SMARTS) is 1. The molecule has 2 fully saturated rings. The summed E-state index contributed by atoms with van der Waals surface area (Å²) >= 11 is 0. The number of nitrogens with one attached hydrogen (secondary N) is 4. The number of amides is 4. The Morgan fingerprint density at radius 1 is 0.842 bits per heavy atom. The first-order valence-corrected chi connectivity index (χ1v) is 19.1. The van der Waals surface area contributed by atoms with Crippen LogP contribution in [0, 0.1) is 5.92 Å². The Kier molecular flexibility index (Phi) is 11.3. The molecule has 0 aliphatic carbocycles. The summed E-state index contributed by atoms with van der Waals surface area (Å²) < 4.78 is 4.77. The van der Waals surface area contributed by atoms with Crippen molar-refractivity contribution in [3.63, 3.8) is 0 Å². The van der Waals surface area contributed by atoms with Crippen molar-refractivity contribution in [2.75, 3.05) is 27.2 Å². The summed E-state index contributed by atoms with van der Waals surface area (Å²) in [5.74, 6) is 0.734. The molecule has 17 heteroatoms. The van der Waals surface area contributed by atoms with Crippen LogP contribution < -0.4 is 5.32 Å². The highest BCUT2D eigenvalue weighted by atomic mass is 16.5. The van der Waals surface area contributed by atoms with Crippen molar-refractivity contribution in [2.24, 2.45) is 5.92 Å². The number of hydrogen-bond donors (Lipinski definition) is 5. The molecular formula is C40H47N11O6. The van der Waals surface area contributed by atoms with E-state index in [0.717, 1.165) is 64.2 Å². The monoisotopic (exact) mass is 777 g/mol. The number of H-pyrrole nitrogens is 3. The van der Waals surface area contributed by atoms with Gasteiger partial charge in [0.1, 0.15) is 23.7 Å². The Labute approximate surface area is 329 Å². The lowest BCUT2D eigenvalue weighted by molar-refractivity contribution is -0.138. The number of aromatic nitrogens is 7.